The molecule has 0 spiro atoms. The number of hydrogen-bond donors (Lipinski definition) is 2. The van der Waals surface area contributed by atoms with Crippen LogP contribution in [0.5, 0.6) is 0 Å². The highest BCUT2D eigenvalue weighted by molar-refractivity contribution is 9.10. The molecule has 0 aliphatic carbocycles. The van der Waals surface area contributed by atoms with Gasteiger partial charge in [-0.3, -0.25) is 19.3 Å². The summed E-state index contributed by atoms with van der Waals surface area (Å²) in [5.41, 5.74) is 3.82. The SMILES string of the molecule is COC(=O)C1=C(C)N(c2cccc(Br)c2)C(=O)/C1=C/c1ccc(CNC(=O)C(=O)Nc2ccc(C)c(C)c2)o1. The molecule has 2 aromatic carbocycles. The molecular weight excluding hydrogens is 566 g/mol. The number of nitrogens with one attached hydrogen (secondary N) is 2. The van der Waals surface area contributed by atoms with Crippen molar-refractivity contribution < 1.29 is 28.3 Å². The van der Waals surface area contributed by atoms with Gasteiger partial charge in [0.05, 0.1) is 30.5 Å². The fourth-order valence-corrected chi connectivity index (χ4v) is 4.46. The maximum absolute atomic E-state index is 13.4. The number of nitrogens with zero attached hydrogens (tertiary/aromatic N) is 1. The number of furan rings is 1. The molecule has 10 heteroatoms. The topological polar surface area (TPSA) is 118 Å². The van der Waals surface area contributed by atoms with Gasteiger partial charge in [0.1, 0.15) is 11.5 Å². The highest BCUT2D eigenvalue weighted by Gasteiger charge is 2.38. The molecule has 0 bridgehead atoms. The molecule has 200 valence electrons. The van der Waals surface area contributed by atoms with E-state index >= 15 is 0 Å². The lowest BCUT2D eigenvalue weighted by molar-refractivity contribution is -0.136. The smallest absolute Gasteiger partial charge is 0.340 e. The first-order chi connectivity index (χ1) is 18.6. The first-order valence-corrected chi connectivity index (χ1v) is 12.7. The van der Waals surface area contributed by atoms with Gasteiger partial charge in [-0.1, -0.05) is 28.1 Å². The van der Waals surface area contributed by atoms with Gasteiger partial charge in [0.25, 0.3) is 5.91 Å². The molecule has 2 N–H and O–H groups in total. The van der Waals surface area contributed by atoms with Crippen molar-refractivity contribution in [1.29, 1.82) is 0 Å². The number of carbonyl (C=O) groups excluding carboxylic acids is 4. The highest BCUT2D eigenvalue weighted by atomic mass is 79.9. The van der Waals surface area contributed by atoms with Crippen molar-refractivity contribution in [2.24, 2.45) is 0 Å². The van der Waals surface area contributed by atoms with Gasteiger partial charge in [-0.05, 0) is 80.4 Å². The molecule has 3 aromatic rings. The van der Waals surface area contributed by atoms with Gasteiger partial charge in [-0.25, -0.2) is 4.79 Å². The Morgan fingerprint density at radius 1 is 1.00 bits per heavy atom. The molecule has 0 fully saturated rings. The van der Waals surface area contributed by atoms with Gasteiger partial charge >= 0.3 is 17.8 Å². The van der Waals surface area contributed by atoms with Crippen LogP contribution in [0.15, 0.2) is 80.3 Å². The summed E-state index contributed by atoms with van der Waals surface area (Å²) in [6.07, 6.45) is 1.45. The Balaban J connectivity index is 1.48. The van der Waals surface area contributed by atoms with Crippen molar-refractivity contribution in [3.63, 3.8) is 0 Å². The molecule has 1 aliphatic rings. The number of amides is 3. The number of esters is 1. The van der Waals surface area contributed by atoms with Gasteiger partial charge in [0.15, 0.2) is 0 Å². The van der Waals surface area contributed by atoms with Crippen molar-refractivity contribution >= 4 is 57.1 Å². The van der Waals surface area contributed by atoms with Crippen molar-refractivity contribution in [1.82, 2.24) is 5.32 Å². The maximum Gasteiger partial charge on any atom is 0.340 e. The summed E-state index contributed by atoms with van der Waals surface area (Å²) < 4.78 is 11.5. The van der Waals surface area contributed by atoms with Crippen molar-refractivity contribution in [2.45, 2.75) is 27.3 Å². The Hall–Kier alpha value is -4.44. The Morgan fingerprint density at radius 2 is 1.77 bits per heavy atom. The Bertz CT molecular complexity index is 1550. The van der Waals surface area contributed by atoms with Crippen molar-refractivity contribution in [3.8, 4) is 0 Å². The quantitative estimate of drug-likeness (QED) is 0.242. The zero-order valence-electron chi connectivity index (χ0n) is 21.8. The zero-order chi connectivity index (χ0) is 28.3. The van der Waals surface area contributed by atoms with E-state index in [1.165, 1.54) is 18.1 Å². The number of anilines is 2. The third kappa shape index (κ3) is 6.01. The molecule has 0 saturated heterocycles. The van der Waals surface area contributed by atoms with Crippen LogP contribution in [-0.4, -0.2) is 30.8 Å². The van der Waals surface area contributed by atoms with Crippen LogP contribution < -0.4 is 15.5 Å². The number of hydrogen-bond acceptors (Lipinski definition) is 6. The molecule has 0 atom stereocenters. The van der Waals surface area contributed by atoms with Crippen molar-refractivity contribution in [3.05, 3.63) is 98.6 Å². The fourth-order valence-electron chi connectivity index (χ4n) is 4.07. The number of carbonyl (C=O) groups is 4. The average Bonchev–Trinajstić information content (AvgIpc) is 3.45. The molecule has 2 heterocycles. The standard InChI is InChI=1S/C29H26BrN3O6/c1-16-8-9-20(12-17(16)2)32-27(35)26(34)31-15-23-11-10-22(39-23)14-24-25(29(37)38-4)18(3)33(28(24)36)21-7-5-6-19(30)13-21/h5-14H,15H2,1-4H3,(H,31,34)(H,32,35)/b24-14+. The number of aryl methyl sites for hydroxylation is 2. The van der Waals surface area contributed by atoms with E-state index in [0.717, 1.165) is 15.6 Å². The first-order valence-electron chi connectivity index (χ1n) is 12.0. The van der Waals surface area contributed by atoms with E-state index in [-0.39, 0.29) is 23.5 Å². The molecule has 0 radical (unpaired) electrons. The minimum atomic E-state index is -0.827. The van der Waals surface area contributed by atoms with Gasteiger partial charge in [-0.2, -0.15) is 0 Å². The molecule has 1 aromatic heterocycles. The van der Waals surface area contributed by atoms with Crippen LogP contribution in [0.25, 0.3) is 6.08 Å². The highest BCUT2D eigenvalue weighted by Crippen LogP contribution is 2.36. The minimum Gasteiger partial charge on any atom is -0.465 e. The van der Waals surface area contributed by atoms with Crippen LogP contribution in [0.2, 0.25) is 0 Å². The van der Waals surface area contributed by atoms with Crippen LogP contribution >= 0.6 is 15.9 Å². The maximum atomic E-state index is 13.4. The zero-order valence-corrected chi connectivity index (χ0v) is 23.3. The van der Waals surface area contributed by atoms with Crippen LogP contribution in [-0.2, 0) is 30.5 Å². The number of methoxy groups -OCH3 is 1. The summed E-state index contributed by atoms with van der Waals surface area (Å²) in [6, 6.07) is 15.7. The molecule has 9 nitrogen and oxygen atoms in total. The molecular formula is C29H26BrN3O6. The second kappa shape index (κ2) is 11.5. The van der Waals surface area contributed by atoms with Crippen LogP contribution in [0, 0.1) is 13.8 Å². The Morgan fingerprint density at radius 3 is 2.46 bits per heavy atom. The van der Waals surface area contributed by atoms with Gasteiger partial charge < -0.3 is 19.8 Å². The molecule has 1 aliphatic heterocycles. The van der Waals surface area contributed by atoms with E-state index < -0.39 is 23.7 Å². The van der Waals surface area contributed by atoms with Crippen LogP contribution in [0.4, 0.5) is 11.4 Å². The van der Waals surface area contributed by atoms with Crippen LogP contribution in [0.3, 0.4) is 0 Å². The third-order valence-electron chi connectivity index (χ3n) is 6.22. The van der Waals surface area contributed by atoms with Gasteiger partial charge in [-0.15, -0.1) is 0 Å². The van der Waals surface area contributed by atoms with Crippen LogP contribution in [0.1, 0.15) is 29.6 Å². The summed E-state index contributed by atoms with van der Waals surface area (Å²) >= 11 is 3.40. The number of ether oxygens (including phenoxy) is 1. The largest absolute Gasteiger partial charge is 0.465 e. The Kier molecular flexibility index (Phi) is 8.15. The Labute approximate surface area is 233 Å². The normalized spacial score (nSPS) is 14.1. The lowest BCUT2D eigenvalue weighted by Gasteiger charge is -2.18. The summed E-state index contributed by atoms with van der Waals surface area (Å²) in [4.78, 5) is 52.0. The second-order valence-corrected chi connectivity index (χ2v) is 9.79. The summed E-state index contributed by atoms with van der Waals surface area (Å²) in [5, 5.41) is 5.07. The first kappa shape index (κ1) is 27.6. The molecule has 39 heavy (non-hydrogen) atoms. The van der Waals surface area contributed by atoms with Gasteiger partial charge in [0.2, 0.25) is 0 Å². The van der Waals surface area contributed by atoms with E-state index in [1.807, 2.05) is 26.0 Å². The lowest BCUT2D eigenvalue weighted by Crippen LogP contribution is -2.34. The van der Waals surface area contributed by atoms with E-state index in [1.54, 1.807) is 49.4 Å². The monoisotopic (exact) mass is 591 g/mol. The average molecular weight is 592 g/mol. The predicted molar refractivity (Wildman–Crippen MR) is 149 cm³/mol. The summed E-state index contributed by atoms with van der Waals surface area (Å²) in [6.45, 7) is 5.48. The molecule has 4 rings (SSSR count). The predicted octanol–water partition coefficient (Wildman–Crippen LogP) is 4.79. The van der Waals surface area contributed by atoms with Crippen molar-refractivity contribution in [2.75, 3.05) is 17.3 Å². The number of allylic oxidation sites excluding steroid dienone is 1. The van der Waals surface area contributed by atoms with E-state index in [2.05, 4.69) is 26.6 Å². The molecule has 0 unspecified atom stereocenters. The van der Waals surface area contributed by atoms with E-state index in [4.69, 9.17) is 9.15 Å². The van der Waals surface area contributed by atoms with Gasteiger partial charge in [0, 0.05) is 15.9 Å². The third-order valence-corrected chi connectivity index (χ3v) is 6.71. The summed E-state index contributed by atoms with van der Waals surface area (Å²) in [7, 11) is 1.25. The van der Waals surface area contributed by atoms with E-state index in [0.29, 0.717) is 22.8 Å². The second-order valence-electron chi connectivity index (χ2n) is 8.87. The lowest BCUT2D eigenvalue weighted by atomic mass is 10.1. The minimum absolute atomic E-state index is 0.0564. The molecule has 3 amide bonds. The molecule has 0 saturated carbocycles. The number of rotatable bonds is 6. The fraction of sp³-hybridized carbons (Fsp3) is 0.172. The van der Waals surface area contributed by atoms with E-state index in [9.17, 15) is 19.2 Å². The number of benzene rings is 2. The number of halogens is 1. The summed E-state index contributed by atoms with van der Waals surface area (Å²) in [5.74, 6) is -2.07.